The first kappa shape index (κ1) is 16.6. The predicted octanol–water partition coefficient (Wildman–Crippen LogP) is 2.45. The Labute approximate surface area is 152 Å². The standard InChI is InChI=1S/C19H22N6O/c1-19(2,3)18-20-10-13-11-24(12-15(13)21-18)17(26)8-9-25-16-7-5-4-6-14(16)22-23-25/h4-7,10H,8-9,11-12H2,1-3H3. The highest BCUT2D eigenvalue weighted by Crippen LogP contribution is 2.25. The van der Waals surface area contributed by atoms with Crippen LogP contribution in [0.2, 0.25) is 0 Å². The van der Waals surface area contributed by atoms with Gasteiger partial charge in [-0.05, 0) is 12.1 Å². The van der Waals surface area contributed by atoms with Gasteiger partial charge in [-0.2, -0.15) is 0 Å². The van der Waals surface area contributed by atoms with E-state index in [0.717, 1.165) is 28.1 Å². The third-order valence-corrected chi connectivity index (χ3v) is 4.64. The van der Waals surface area contributed by atoms with E-state index in [0.29, 0.717) is 26.1 Å². The Morgan fingerprint density at radius 2 is 2.00 bits per heavy atom. The van der Waals surface area contributed by atoms with Gasteiger partial charge in [0.1, 0.15) is 11.3 Å². The lowest BCUT2D eigenvalue weighted by molar-refractivity contribution is -0.132. The molecule has 1 aliphatic heterocycles. The molecule has 0 saturated carbocycles. The summed E-state index contributed by atoms with van der Waals surface area (Å²) < 4.78 is 1.79. The molecule has 1 aliphatic rings. The Hall–Kier alpha value is -2.83. The highest BCUT2D eigenvalue weighted by Gasteiger charge is 2.27. The Kier molecular flexibility index (Phi) is 3.94. The average Bonchev–Trinajstić information content (AvgIpc) is 3.22. The van der Waals surface area contributed by atoms with E-state index in [-0.39, 0.29) is 11.3 Å². The summed E-state index contributed by atoms with van der Waals surface area (Å²) in [5, 5.41) is 8.27. The number of amides is 1. The Balaban J connectivity index is 1.43. The number of hydrogen-bond acceptors (Lipinski definition) is 5. The number of para-hydroxylation sites is 1. The highest BCUT2D eigenvalue weighted by atomic mass is 16.2. The number of rotatable bonds is 3. The maximum atomic E-state index is 12.6. The Bertz CT molecular complexity index is 972. The molecule has 7 heteroatoms. The lowest BCUT2D eigenvalue weighted by atomic mass is 9.95. The molecule has 0 atom stereocenters. The number of hydrogen-bond donors (Lipinski definition) is 0. The van der Waals surface area contributed by atoms with E-state index in [1.54, 1.807) is 4.68 Å². The van der Waals surface area contributed by atoms with Gasteiger partial charge in [0.2, 0.25) is 5.91 Å². The van der Waals surface area contributed by atoms with Crippen LogP contribution in [-0.2, 0) is 29.8 Å². The molecular weight excluding hydrogens is 328 g/mol. The van der Waals surface area contributed by atoms with Crippen LogP contribution in [-0.4, -0.2) is 35.8 Å². The van der Waals surface area contributed by atoms with E-state index in [2.05, 4.69) is 41.1 Å². The Morgan fingerprint density at radius 1 is 1.19 bits per heavy atom. The molecule has 4 rings (SSSR count). The quantitative estimate of drug-likeness (QED) is 0.725. The van der Waals surface area contributed by atoms with Gasteiger partial charge in [0.05, 0.1) is 24.3 Å². The number of carbonyl (C=O) groups is 1. The minimum atomic E-state index is -0.0966. The molecular formula is C19H22N6O. The topological polar surface area (TPSA) is 76.8 Å². The highest BCUT2D eigenvalue weighted by molar-refractivity contribution is 5.77. The van der Waals surface area contributed by atoms with E-state index in [9.17, 15) is 4.79 Å². The van der Waals surface area contributed by atoms with Crippen molar-refractivity contribution in [3.05, 3.63) is 47.5 Å². The molecule has 2 aromatic heterocycles. The molecule has 0 fully saturated rings. The number of aryl methyl sites for hydroxylation is 1. The summed E-state index contributed by atoms with van der Waals surface area (Å²) in [6.07, 6.45) is 2.25. The summed E-state index contributed by atoms with van der Waals surface area (Å²) in [7, 11) is 0. The third kappa shape index (κ3) is 3.05. The minimum absolute atomic E-state index is 0.0966. The number of benzene rings is 1. The summed E-state index contributed by atoms with van der Waals surface area (Å²) in [6.45, 7) is 7.93. The van der Waals surface area contributed by atoms with Crippen LogP contribution in [0.3, 0.4) is 0 Å². The molecule has 0 radical (unpaired) electrons. The second-order valence-corrected chi connectivity index (χ2v) is 7.72. The molecule has 7 nitrogen and oxygen atoms in total. The van der Waals surface area contributed by atoms with Crippen LogP contribution < -0.4 is 0 Å². The zero-order valence-electron chi connectivity index (χ0n) is 15.3. The van der Waals surface area contributed by atoms with Gasteiger partial charge in [-0.3, -0.25) is 4.79 Å². The van der Waals surface area contributed by atoms with E-state index in [4.69, 9.17) is 0 Å². The van der Waals surface area contributed by atoms with Crippen LogP contribution in [0.1, 0.15) is 44.3 Å². The van der Waals surface area contributed by atoms with Gasteiger partial charge in [-0.15, -0.1) is 5.10 Å². The summed E-state index contributed by atoms with van der Waals surface area (Å²) in [4.78, 5) is 23.6. The lowest BCUT2D eigenvalue weighted by Crippen LogP contribution is -2.26. The van der Waals surface area contributed by atoms with E-state index in [1.807, 2.05) is 35.4 Å². The number of carbonyl (C=O) groups excluding carboxylic acids is 1. The van der Waals surface area contributed by atoms with E-state index in [1.165, 1.54) is 0 Å². The van der Waals surface area contributed by atoms with Gasteiger partial charge < -0.3 is 4.90 Å². The number of fused-ring (bicyclic) bond motifs is 2. The minimum Gasteiger partial charge on any atom is -0.332 e. The molecule has 0 bridgehead atoms. The first-order valence-corrected chi connectivity index (χ1v) is 8.83. The van der Waals surface area contributed by atoms with Crippen molar-refractivity contribution >= 4 is 16.9 Å². The van der Waals surface area contributed by atoms with Gasteiger partial charge in [0.15, 0.2) is 0 Å². The summed E-state index contributed by atoms with van der Waals surface area (Å²) >= 11 is 0. The molecule has 0 aliphatic carbocycles. The molecule has 26 heavy (non-hydrogen) atoms. The second-order valence-electron chi connectivity index (χ2n) is 7.72. The largest absolute Gasteiger partial charge is 0.332 e. The fourth-order valence-electron chi connectivity index (χ4n) is 3.13. The van der Waals surface area contributed by atoms with Crippen LogP contribution in [0.15, 0.2) is 30.5 Å². The maximum Gasteiger partial charge on any atom is 0.225 e. The molecule has 0 unspecified atom stereocenters. The molecule has 0 N–H and O–H groups in total. The van der Waals surface area contributed by atoms with Gasteiger partial charge >= 0.3 is 0 Å². The number of aromatic nitrogens is 5. The fourth-order valence-corrected chi connectivity index (χ4v) is 3.13. The summed E-state index contributed by atoms with van der Waals surface area (Å²) in [5.74, 6) is 0.916. The maximum absolute atomic E-state index is 12.6. The second kappa shape index (κ2) is 6.16. The van der Waals surface area contributed by atoms with Crippen LogP contribution >= 0.6 is 0 Å². The summed E-state index contributed by atoms with van der Waals surface area (Å²) in [5.41, 5.74) is 3.70. The van der Waals surface area contributed by atoms with Crippen molar-refractivity contribution in [3.8, 4) is 0 Å². The molecule has 1 aromatic carbocycles. The predicted molar refractivity (Wildman–Crippen MR) is 97.1 cm³/mol. The molecule has 134 valence electrons. The van der Waals surface area contributed by atoms with Crippen molar-refractivity contribution in [1.82, 2.24) is 29.9 Å². The molecule has 1 amide bonds. The lowest BCUT2D eigenvalue weighted by Gasteiger charge is -2.16. The van der Waals surface area contributed by atoms with Crippen molar-refractivity contribution in [2.75, 3.05) is 0 Å². The van der Waals surface area contributed by atoms with Crippen LogP contribution in [0, 0.1) is 0 Å². The van der Waals surface area contributed by atoms with Crippen molar-refractivity contribution < 1.29 is 4.79 Å². The first-order chi connectivity index (χ1) is 12.4. The average molecular weight is 350 g/mol. The fraction of sp³-hybridized carbons (Fsp3) is 0.421. The molecule has 0 spiro atoms. The van der Waals surface area contributed by atoms with Crippen LogP contribution in [0.4, 0.5) is 0 Å². The van der Waals surface area contributed by atoms with Gasteiger partial charge in [-0.25, -0.2) is 14.6 Å². The van der Waals surface area contributed by atoms with Crippen LogP contribution in [0.25, 0.3) is 11.0 Å². The first-order valence-electron chi connectivity index (χ1n) is 8.83. The monoisotopic (exact) mass is 350 g/mol. The SMILES string of the molecule is CC(C)(C)c1ncc2c(n1)CN(C(=O)CCn1nnc3ccccc31)C2. The van der Waals surface area contributed by atoms with Crippen molar-refractivity contribution in [3.63, 3.8) is 0 Å². The van der Waals surface area contributed by atoms with Gasteiger partial charge in [0.25, 0.3) is 0 Å². The Morgan fingerprint density at radius 3 is 2.81 bits per heavy atom. The van der Waals surface area contributed by atoms with Crippen molar-refractivity contribution in [2.45, 2.75) is 52.2 Å². The van der Waals surface area contributed by atoms with Crippen molar-refractivity contribution in [1.29, 1.82) is 0 Å². The smallest absolute Gasteiger partial charge is 0.225 e. The van der Waals surface area contributed by atoms with E-state index >= 15 is 0 Å². The van der Waals surface area contributed by atoms with Crippen molar-refractivity contribution in [2.24, 2.45) is 0 Å². The zero-order valence-corrected chi connectivity index (χ0v) is 15.3. The molecule has 3 heterocycles. The molecule has 3 aromatic rings. The normalized spacial score (nSPS) is 14.0. The zero-order chi connectivity index (χ0) is 18.3. The van der Waals surface area contributed by atoms with Gasteiger partial charge in [-0.1, -0.05) is 38.1 Å². The van der Waals surface area contributed by atoms with E-state index < -0.39 is 0 Å². The molecule has 0 saturated heterocycles. The number of nitrogens with zero attached hydrogens (tertiary/aromatic N) is 6. The van der Waals surface area contributed by atoms with Gasteiger partial charge in [0, 0.05) is 30.1 Å². The third-order valence-electron chi connectivity index (χ3n) is 4.64. The van der Waals surface area contributed by atoms with Crippen LogP contribution in [0.5, 0.6) is 0 Å². The summed E-state index contributed by atoms with van der Waals surface area (Å²) in [6, 6.07) is 7.77.